The third-order valence-electron chi connectivity index (χ3n) is 4.69. The van der Waals surface area contributed by atoms with Crippen LogP contribution in [0.25, 0.3) is 9.53 Å². The molecule has 2 amide bonds. The van der Waals surface area contributed by atoms with Crippen molar-refractivity contribution >= 4 is 60.8 Å². The Morgan fingerprint density at radius 3 is 2.31 bits per heavy atom. The molecule has 152 valence electrons. The maximum atomic E-state index is 13.2. The number of carbonyl (C=O) groups excluding carboxylic acids is 2. The van der Waals surface area contributed by atoms with Gasteiger partial charge in [-0.3, -0.25) is 9.59 Å². The first-order chi connectivity index (χ1) is 13.8. The molecule has 3 aromatic rings. The standard InChI is InChI=1S/C19H18ClFN4O2S2/c1-23(2)19-22-16-14(29-19)10-15(28-16)18(27)25-7-5-24(6-8-25)17(26)12-4-3-11(21)9-13(12)20/h3-4,9-10H,5-8H2,1-2H3. The highest BCUT2D eigenvalue weighted by molar-refractivity contribution is 7.29. The molecule has 1 aliphatic rings. The van der Waals surface area contributed by atoms with Crippen LogP contribution in [0.1, 0.15) is 20.0 Å². The van der Waals surface area contributed by atoms with Crippen LogP contribution in [0.15, 0.2) is 24.3 Å². The minimum atomic E-state index is -0.481. The summed E-state index contributed by atoms with van der Waals surface area (Å²) in [6, 6.07) is 5.64. The van der Waals surface area contributed by atoms with Crippen molar-refractivity contribution < 1.29 is 14.0 Å². The normalized spacial score (nSPS) is 14.5. The van der Waals surface area contributed by atoms with Gasteiger partial charge in [-0.1, -0.05) is 22.9 Å². The number of thiophene rings is 1. The van der Waals surface area contributed by atoms with E-state index < -0.39 is 5.82 Å². The monoisotopic (exact) mass is 452 g/mol. The molecule has 1 fully saturated rings. The quantitative estimate of drug-likeness (QED) is 0.606. The van der Waals surface area contributed by atoms with Crippen LogP contribution in [-0.4, -0.2) is 66.9 Å². The molecule has 0 unspecified atom stereocenters. The number of fused-ring (bicyclic) bond motifs is 1. The summed E-state index contributed by atoms with van der Waals surface area (Å²) in [6.07, 6.45) is 0. The first-order valence-corrected chi connectivity index (χ1v) is 11.0. The zero-order valence-electron chi connectivity index (χ0n) is 15.8. The number of rotatable bonds is 3. The summed E-state index contributed by atoms with van der Waals surface area (Å²) in [6.45, 7) is 1.68. The summed E-state index contributed by atoms with van der Waals surface area (Å²) in [5.41, 5.74) is 0.272. The fourth-order valence-corrected chi connectivity index (χ4v) is 5.47. The Bertz CT molecular complexity index is 1060. The highest BCUT2D eigenvalue weighted by Crippen LogP contribution is 2.34. The molecular formula is C19H18ClFN4O2S2. The van der Waals surface area contributed by atoms with Crippen molar-refractivity contribution in [1.29, 1.82) is 0 Å². The number of piperazine rings is 1. The predicted molar refractivity (Wildman–Crippen MR) is 115 cm³/mol. The maximum absolute atomic E-state index is 13.2. The van der Waals surface area contributed by atoms with Crippen molar-refractivity contribution in [3.05, 3.63) is 45.5 Å². The first kappa shape index (κ1) is 20.1. The number of amides is 2. The average molecular weight is 453 g/mol. The van der Waals surface area contributed by atoms with Crippen LogP contribution in [0.3, 0.4) is 0 Å². The van der Waals surface area contributed by atoms with Gasteiger partial charge in [0.25, 0.3) is 11.8 Å². The Morgan fingerprint density at radius 1 is 1.07 bits per heavy atom. The molecule has 0 N–H and O–H groups in total. The number of carbonyl (C=O) groups is 2. The Balaban J connectivity index is 1.41. The lowest BCUT2D eigenvalue weighted by Gasteiger charge is -2.34. The summed E-state index contributed by atoms with van der Waals surface area (Å²) in [5, 5.41) is 1.01. The van der Waals surface area contributed by atoms with Crippen LogP contribution in [0.2, 0.25) is 5.02 Å². The lowest BCUT2D eigenvalue weighted by Crippen LogP contribution is -2.50. The van der Waals surface area contributed by atoms with E-state index >= 15 is 0 Å². The molecule has 10 heteroatoms. The summed E-state index contributed by atoms with van der Waals surface area (Å²) < 4.78 is 14.2. The minimum Gasteiger partial charge on any atom is -0.354 e. The summed E-state index contributed by atoms with van der Waals surface area (Å²) in [5.74, 6) is -0.775. The fraction of sp³-hybridized carbons (Fsp3) is 0.316. The van der Waals surface area contributed by atoms with E-state index in [4.69, 9.17) is 11.6 Å². The number of benzene rings is 1. The smallest absolute Gasteiger partial charge is 0.264 e. The molecule has 0 saturated carbocycles. The van der Waals surface area contributed by atoms with E-state index in [1.54, 1.807) is 21.1 Å². The van der Waals surface area contributed by atoms with Gasteiger partial charge in [-0.15, -0.1) is 11.3 Å². The van der Waals surface area contributed by atoms with Crippen molar-refractivity contribution in [3.63, 3.8) is 0 Å². The van der Waals surface area contributed by atoms with Gasteiger partial charge in [-0.05, 0) is 24.3 Å². The van der Waals surface area contributed by atoms with Crippen molar-refractivity contribution in [2.75, 3.05) is 45.2 Å². The van der Waals surface area contributed by atoms with Gasteiger partial charge in [-0.25, -0.2) is 9.37 Å². The molecule has 1 aliphatic heterocycles. The van der Waals surface area contributed by atoms with Gasteiger partial charge < -0.3 is 14.7 Å². The van der Waals surface area contributed by atoms with Gasteiger partial charge in [0.05, 0.1) is 20.2 Å². The topological polar surface area (TPSA) is 56.8 Å². The number of nitrogens with zero attached hydrogens (tertiary/aromatic N) is 4. The average Bonchev–Trinajstić information content (AvgIpc) is 3.26. The minimum absolute atomic E-state index is 0.0430. The van der Waals surface area contributed by atoms with Gasteiger partial charge in [0.1, 0.15) is 10.6 Å². The van der Waals surface area contributed by atoms with Crippen LogP contribution in [0, 0.1) is 5.82 Å². The third-order valence-corrected chi connectivity index (χ3v) is 7.32. The zero-order chi connectivity index (χ0) is 20.7. The van der Waals surface area contributed by atoms with Gasteiger partial charge >= 0.3 is 0 Å². The number of hydrogen-bond donors (Lipinski definition) is 0. The largest absolute Gasteiger partial charge is 0.354 e. The van der Waals surface area contributed by atoms with Gasteiger partial charge in [0.2, 0.25) is 0 Å². The van der Waals surface area contributed by atoms with E-state index in [1.165, 1.54) is 23.5 Å². The first-order valence-electron chi connectivity index (χ1n) is 8.95. The molecule has 0 spiro atoms. The number of halogens is 2. The Kier molecular flexibility index (Phi) is 5.46. The second kappa shape index (κ2) is 7.89. The fourth-order valence-electron chi connectivity index (χ4n) is 3.12. The molecule has 0 atom stereocenters. The molecule has 6 nitrogen and oxygen atoms in total. The van der Waals surface area contributed by atoms with E-state index in [0.29, 0.717) is 31.1 Å². The van der Waals surface area contributed by atoms with Crippen LogP contribution in [0.4, 0.5) is 9.52 Å². The molecule has 0 radical (unpaired) electrons. The lowest BCUT2D eigenvalue weighted by molar-refractivity contribution is 0.0538. The van der Waals surface area contributed by atoms with Crippen molar-refractivity contribution in [2.24, 2.45) is 0 Å². The highest BCUT2D eigenvalue weighted by Gasteiger charge is 2.27. The molecule has 0 aliphatic carbocycles. The molecule has 1 aromatic carbocycles. The molecule has 0 bridgehead atoms. The van der Waals surface area contributed by atoms with E-state index in [2.05, 4.69) is 4.98 Å². The Hall–Kier alpha value is -2.23. The predicted octanol–water partition coefficient (Wildman–Crippen LogP) is 3.81. The lowest BCUT2D eigenvalue weighted by atomic mass is 10.1. The Labute approximate surface area is 180 Å². The van der Waals surface area contributed by atoms with Gasteiger partial charge in [-0.2, -0.15) is 0 Å². The SMILES string of the molecule is CN(C)c1nc2sc(C(=O)N3CCN(C(=O)c4ccc(F)cc4Cl)CC3)cc2s1. The van der Waals surface area contributed by atoms with Crippen molar-refractivity contribution in [1.82, 2.24) is 14.8 Å². The molecule has 2 aromatic heterocycles. The van der Waals surface area contributed by atoms with Crippen LogP contribution in [0.5, 0.6) is 0 Å². The van der Waals surface area contributed by atoms with Crippen molar-refractivity contribution in [2.45, 2.75) is 0 Å². The van der Waals surface area contributed by atoms with Crippen LogP contribution < -0.4 is 4.90 Å². The molecular weight excluding hydrogens is 435 g/mol. The summed E-state index contributed by atoms with van der Waals surface area (Å²) in [4.78, 5) is 36.9. The van der Waals surface area contributed by atoms with Crippen LogP contribution in [-0.2, 0) is 0 Å². The molecule has 1 saturated heterocycles. The second-order valence-electron chi connectivity index (χ2n) is 6.88. The maximum Gasteiger partial charge on any atom is 0.264 e. The molecule has 3 heterocycles. The van der Waals surface area contributed by atoms with E-state index in [0.717, 1.165) is 20.7 Å². The Morgan fingerprint density at radius 2 is 1.72 bits per heavy atom. The molecule has 4 rings (SSSR count). The van der Waals surface area contributed by atoms with Crippen LogP contribution >= 0.6 is 34.3 Å². The van der Waals surface area contributed by atoms with Gasteiger partial charge in [0, 0.05) is 40.3 Å². The summed E-state index contributed by atoms with van der Waals surface area (Å²) >= 11 is 8.95. The molecule has 29 heavy (non-hydrogen) atoms. The van der Waals surface area contributed by atoms with E-state index in [-0.39, 0.29) is 22.4 Å². The highest BCUT2D eigenvalue weighted by atomic mass is 35.5. The second-order valence-corrected chi connectivity index (χ2v) is 9.33. The number of anilines is 1. The van der Waals surface area contributed by atoms with E-state index in [1.807, 2.05) is 25.1 Å². The summed E-state index contributed by atoms with van der Waals surface area (Å²) in [7, 11) is 3.88. The number of thiazole rings is 1. The van der Waals surface area contributed by atoms with E-state index in [9.17, 15) is 14.0 Å². The van der Waals surface area contributed by atoms with Gasteiger partial charge in [0.15, 0.2) is 5.13 Å². The zero-order valence-corrected chi connectivity index (χ0v) is 18.2. The third kappa shape index (κ3) is 3.94. The number of hydrogen-bond acceptors (Lipinski definition) is 6. The van der Waals surface area contributed by atoms with Crippen molar-refractivity contribution in [3.8, 4) is 0 Å². The number of aromatic nitrogens is 1.